The molecule has 0 spiro atoms. The minimum atomic E-state index is -0.589. The summed E-state index contributed by atoms with van der Waals surface area (Å²) in [6.45, 7) is 11.1. The van der Waals surface area contributed by atoms with Crippen molar-refractivity contribution in [2.45, 2.75) is 26.9 Å². The van der Waals surface area contributed by atoms with Crippen LogP contribution in [0.15, 0.2) is 12.7 Å². The number of thiophene rings is 1. The number of hydrogen-bond donors (Lipinski definition) is 1. The number of amides is 1. The maximum Gasteiger partial charge on any atom is 0.348 e. The molecule has 1 atom stereocenters. The summed E-state index contributed by atoms with van der Waals surface area (Å²) in [7, 11) is 0. The molecule has 9 heteroatoms. The normalized spacial score (nSPS) is 17.0. The van der Waals surface area contributed by atoms with Gasteiger partial charge >= 0.3 is 11.9 Å². The zero-order valence-corrected chi connectivity index (χ0v) is 17.2. The van der Waals surface area contributed by atoms with Crippen LogP contribution in [0.25, 0.3) is 0 Å². The van der Waals surface area contributed by atoms with Crippen LogP contribution in [0.3, 0.4) is 0 Å². The fraction of sp³-hybridized carbons (Fsp3) is 0.526. The van der Waals surface area contributed by atoms with Gasteiger partial charge in [0.2, 0.25) is 5.91 Å². The van der Waals surface area contributed by atoms with E-state index in [9.17, 15) is 14.4 Å². The van der Waals surface area contributed by atoms with E-state index in [0.717, 1.165) is 11.3 Å². The molecule has 8 nitrogen and oxygen atoms in total. The number of morpholine rings is 1. The van der Waals surface area contributed by atoms with Crippen LogP contribution in [0.1, 0.15) is 39.4 Å². The predicted molar refractivity (Wildman–Crippen MR) is 106 cm³/mol. The largest absolute Gasteiger partial charge is 0.462 e. The number of nitrogens with zero attached hydrogens (tertiary/aromatic N) is 1. The molecule has 1 aliphatic heterocycles. The summed E-state index contributed by atoms with van der Waals surface area (Å²) in [4.78, 5) is 39.4. The minimum Gasteiger partial charge on any atom is -0.462 e. The van der Waals surface area contributed by atoms with Crippen molar-refractivity contribution in [3.63, 3.8) is 0 Å². The van der Waals surface area contributed by atoms with Crippen LogP contribution in [0, 0.1) is 6.92 Å². The Kier molecular flexibility index (Phi) is 8.16. The van der Waals surface area contributed by atoms with Crippen molar-refractivity contribution in [2.75, 3.05) is 44.8 Å². The molecule has 0 saturated carbocycles. The Morgan fingerprint density at radius 1 is 1.36 bits per heavy atom. The van der Waals surface area contributed by atoms with Gasteiger partial charge in [-0.2, -0.15) is 0 Å². The summed E-state index contributed by atoms with van der Waals surface area (Å²) in [5, 5.41) is 3.04. The van der Waals surface area contributed by atoms with Crippen molar-refractivity contribution in [1.82, 2.24) is 4.90 Å². The van der Waals surface area contributed by atoms with Crippen molar-refractivity contribution < 1.29 is 28.6 Å². The average Bonchev–Trinajstić information content (AvgIpc) is 2.95. The van der Waals surface area contributed by atoms with Crippen LogP contribution >= 0.6 is 11.3 Å². The Labute approximate surface area is 168 Å². The molecule has 2 heterocycles. The number of anilines is 1. The molecule has 154 valence electrons. The maximum absolute atomic E-state index is 12.5. The van der Waals surface area contributed by atoms with Gasteiger partial charge in [-0.1, -0.05) is 12.7 Å². The van der Waals surface area contributed by atoms with Gasteiger partial charge in [0.05, 0.1) is 31.4 Å². The highest BCUT2D eigenvalue weighted by atomic mass is 32.1. The lowest BCUT2D eigenvalue weighted by Crippen LogP contribution is -2.44. The summed E-state index contributed by atoms with van der Waals surface area (Å²) < 4.78 is 15.6. The zero-order valence-electron chi connectivity index (χ0n) is 16.4. The first-order valence-electron chi connectivity index (χ1n) is 9.09. The highest BCUT2D eigenvalue weighted by molar-refractivity contribution is 7.18. The van der Waals surface area contributed by atoms with E-state index in [2.05, 4.69) is 11.9 Å². The molecule has 1 amide bonds. The average molecular weight is 410 g/mol. The number of carbonyl (C=O) groups is 3. The summed E-state index contributed by atoms with van der Waals surface area (Å²) >= 11 is 1.00. The SMILES string of the molecule is C=CCOC(=O)c1sc(NC(=O)CN2CCO[C@@H](C)C2)c(C(=O)OCC)c1C. The van der Waals surface area contributed by atoms with Crippen molar-refractivity contribution in [2.24, 2.45) is 0 Å². The van der Waals surface area contributed by atoms with Crippen molar-refractivity contribution in [3.05, 3.63) is 28.7 Å². The molecular formula is C19H26N2O6S. The first-order chi connectivity index (χ1) is 13.4. The van der Waals surface area contributed by atoms with Gasteiger partial charge < -0.3 is 19.5 Å². The molecule has 1 aliphatic rings. The number of hydrogen-bond acceptors (Lipinski definition) is 8. The molecule has 2 rings (SSSR count). The van der Waals surface area contributed by atoms with Gasteiger partial charge in [-0.25, -0.2) is 9.59 Å². The number of esters is 2. The van der Waals surface area contributed by atoms with Crippen LogP contribution in [0.2, 0.25) is 0 Å². The van der Waals surface area contributed by atoms with Crippen molar-refractivity contribution >= 4 is 34.2 Å². The monoisotopic (exact) mass is 410 g/mol. The van der Waals surface area contributed by atoms with E-state index in [1.54, 1.807) is 13.8 Å². The summed E-state index contributed by atoms with van der Waals surface area (Å²) in [6.07, 6.45) is 1.52. The van der Waals surface area contributed by atoms with E-state index in [4.69, 9.17) is 14.2 Å². The lowest BCUT2D eigenvalue weighted by atomic mass is 10.1. The van der Waals surface area contributed by atoms with Gasteiger partial charge in [-0.15, -0.1) is 11.3 Å². The molecule has 0 unspecified atom stereocenters. The standard InChI is InChI=1S/C19H26N2O6S/c1-5-8-27-19(24)16-13(4)15(18(23)25-6-2)17(28-16)20-14(22)11-21-7-9-26-12(3)10-21/h5,12H,1,6-11H2,2-4H3,(H,20,22)/t12-/m0/s1. The topological polar surface area (TPSA) is 94.2 Å². The Hall–Kier alpha value is -2.23. The molecule has 0 aliphatic carbocycles. The Morgan fingerprint density at radius 3 is 2.75 bits per heavy atom. The molecule has 1 aromatic rings. The lowest BCUT2D eigenvalue weighted by Gasteiger charge is -2.30. The minimum absolute atomic E-state index is 0.0574. The number of carbonyl (C=O) groups excluding carboxylic acids is 3. The number of ether oxygens (including phenoxy) is 3. The fourth-order valence-electron chi connectivity index (χ4n) is 2.85. The smallest absolute Gasteiger partial charge is 0.348 e. The van der Waals surface area contributed by atoms with Gasteiger partial charge in [-0.3, -0.25) is 9.69 Å². The molecule has 1 saturated heterocycles. The molecule has 28 heavy (non-hydrogen) atoms. The van der Waals surface area contributed by atoms with Crippen LogP contribution in [0.4, 0.5) is 5.00 Å². The molecule has 0 aromatic carbocycles. The van der Waals surface area contributed by atoms with Crippen LogP contribution in [-0.4, -0.2) is 68.3 Å². The summed E-state index contributed by atoms with van der Waals surface area (Å²) in [5.74, 6) is -1.43. The molecule has 0 bridgehead atoms. The molecule has 1 aromatic heterocycles. The Morgan fingerprint density at radius 2 is 2.11 bits per heavy atom. The van der Waals surface area contributed by atoms with Crippen molar-refractivity contribution in [1.29, 1.82) is 0 Å². The van der Waals surface area contributed by atoms with E-state index in [1.165, 1.54) is 6.08 Å². The van der Waals surface area contributed by atoms with Crippen LogP contribution in [0.5, 0.6) is 0 Å². The zero-order chi connectivity index (χ0) is 20.7. The quantitative estimate of drug-likeness (QED) is 0.519. The van der Waals surface area contributed by atoms with Crippen LogP contribution in [-0.2, 0) is 19.0 Å². The maximum atomic E-state index is 12.5. The van der Waals surface area contributed by atoms with E-state index in [-0.39, 0.29) is 47.2 Å². The van der Waals surface area contributed by atoms with Crippen molar-refractivity contribution in [3.8, 4) is 0 Å². The second-order valence-electron chi connectivity index (χ2n) is 6.33. The van der Waals surface area contributed by atoms with E-state index in [1.807, 2.05) is 11.8 Å². The summed E-state index contributed by atoms with van der Waals surface area (Å²) in [5.41, 5.74) is 0.605. The second-order valence-corrected chi connectivity index (χ2v) is 7.35. The van der Waals surface area contributed by atoms with Gasteiger partial charge in [0.25, 0.3) is 0 Å². The number of rotatable bonds is 8. The molecule has 1 N–H and O–H groups in total. The molecule has 0 radical (unpaired) electrons. The third-order valence-corrected chi connectivity index (χ3v) is 5.28. The number of nitrogens with one attached hydrogen (secondary N) is 1. The first-order valence-corrected chi connectivity index (χ1v) is 9.91. The second kappa shape index (κ2) is 10.4. The Balaban J connectivity index is 2.20. The molecular weight excluding hydrogens is 384 g/mol. The van der Waals surface area contributed by atoms with Gasteiger partial charge in [0.1, 0.15) is 16.5 Å². The van der Waals surface area contributed by atoms with Gasteiger partial charge in [0.15, 0.2) is 0 Å². The third-order valence-electron chi connectivity index (χ3n) is 4.09. The van der Waals surface area contributed by atoms with Crippen LogP contribution < -0.4 is 5.32 Å². The highest BCUT2D eigenvalue weighted by Gasteiger charge is 2.28. The summed E-state index contributed by atoms with van der Waals surface area (Å²) in [6, 6.07) is 0. The van der Waals surface area contributed by atoms with Gasteiger partial charge in [0, 0.05) is 13.1 Å². The molecule has 1 fully saturated rings. The Bertz CT molecular complexity index is 745. The third kappa shape index (κ3) is 5.63. The first kappa shape index (κ1) is 22.1. The lowest BCUT2D eigenvalue weighted by molar-refractivity contribution is -0.119. The van der Waals surface area contributed by atoms with E-state index >= 15 is 0 Å². The predicted octanol–water partition coefficient (Wildman–Crippen LogP) is 2.24. The van der Waals surface area contributed by atoms with E-state index in [0.29, 0.717) is 25.3 Å². The highest BCUT2D eigenvalue weighted by Crippen LogP contribution is 2.34. The fourth-order valence-corrected chi connectivity index (χ4v) is 3.95. The van der Waals surface area contributed by atoms with E-state index < -0.39 is 11.9 Å². The van der Waals surface area contributed by atoms with Gasteiger partial charge in [-0.05, 0) is 26.3 Å².